The molecule has 0 aliphatic carbocycles. The molecule has 0 heterocycles. The van der Waals surface area contributed by atoms with Gasteiger partial charge in [0.2, 0.25) is 5.91 Å². The van der Waals surface area contributed by atoms with Gasteiger partial charge in [0, 0.05) is 25.4 Å². The first kappa shape index (κ1) is 20.1. The van der Waals surface area contributed by atoms with Gasteiger partial charge in [0.15, 0.2) is 0 Å². The number of rotatable bonds is 12. The zero-order valence-electron chi connectivity index (χ0n) is 13.7. The minimum Gasteiger partial charge on any atom is -0.445 e. The molecular weight excluding hydrogens is 284 g/mol. The summed E-state index contributed by atoms with van der Waals surface area (Å²) in [6.45, 7) is 8.22. The van der Waals surface area contributed by atoms with Crippen LogP contribution in [0.1, 0.15) is 46.0 Å². The summed E-state index contributed by atoms with van der Waals surface area (Å²) in [6.07, 6.45) is 4.66. The van der Waals surface area contributed by atoms with E-state index in [1.165, 1.54) is 6.08 Å². The van der Waals surface area contributed by atoms with E-state index in [2.05, 4.69) is 17.2 Å². The first-order valence-electron chi connectivity index (χ1n) is 7.76. The summed E-state index contributed by atoms with van der Waals surface area (Å²) in [5.41, 5.74) is 0. The number of carbonyl (C=O) groups excluding carboxylic acids is 3. The van der Waals surface area contributed by atoms with Crippen LogP contribution in [-0.2, 0) is 14.3 Å². The molecule has 0 saturated heterocycles. The first-order chi connectivity index (χ1) is 10.5. The Morgan fingerprint density at radius 3 is 2.36 bits per heavy atom. The van der Waals surface area contributed by atoms with E-state index in [0.717, 1.165) is 19.3 Å². The molecule has 0 unspecified atom stereocenters. The monoisotopic (exact) mass is 312 g/mol. The highest BCUT2D eigenvalue weighted by Crippen LogP contribution is 2.06. The molecule has 0 aromatic heterocycles. The Morgan fingerprint density at radius 2 is 1.77 bits per heavy atom. The maximum atomic E-state index is 11.5. The van der Waals surface area contributed by atoms with Gasteiger partial charge in [-0.1, -0.05) is 19.6 Å². The Morgan fingerprint density at radius 1 is 1.14 bits per heavy atom. The van der Waals surface area contributed by atoms with Gasteiger partial charge in [-0.25, -0.2) is 4.79 Å². The normalized spacial score (nSPS) is 11.4. The van der Waals surface area contributed by atoms with Crippen molar-refractivity contribution < 1.29 is 19.1 Å². The van der Waals surface area contributed by atoms with Gasteiger partial charge in [0.05, 0.1) is 0 Å². The molecule has 126 valence electrons. The minimum absolute atomic E-state index is 0.0146. The quantitative estimate of drug-likeness (QED) is 0.427. The fourth-order valence-corrected chi connectivity index (χ4v) is 1.67. The number of hydrogen-bond acceptors (Lipinski definition) is 4. The third kappa shape index (κ3) is 11.9. The fraction of sp³-hybridized carbons (Fsp3) is 0.688. The maximum absolute atomic E-state index is 11.5. The average molecular weight is 312 g/mol. The summed E-state index contributed by atoms with van der Waals surface area (Å²) in [5, 5.41) is 5.46. The van der Waals surface area contributed by atoms with Gasteiger partial charge in [0.25, 0.3) is 0 Å². The lowest BCUT2D eigenvalue weighted by molar-refractivity contribution is -0.122. The molecule has 0 rings (SSSR count). The van der Waals surface area contributed by atoms with Gasteiger partial charge in [0.1, 0.15) is 12.4 Å². The molecule has 0 aromatic carbocycles. The highest BCUT2D eigenvalue weighted by Gasteiger charge is 2.09. The summed E-state index contributed by atoms with van der Waals surface area (Å²) in [5.74, 6) is 0.0452. The lowest BCUT2D eigenvalue weighted by Gasteiger charge is -2.08. The van der Waals surface area contributed by atoms with Gasteiger partial charge in [-0.2, -0.15) is 0 Å². The van der Waals surface area contributed by atoms with E-state index in [0.29, 0.717) is 25.9 Å². The Labute approximate surface area is 132 Å². The van der Waals surface area contributed by atoms with Gasteiger partial charge < -0.3 is 15.4 Å². The topological polar surface area (TPSA) is 84.5 Å². The summed E-state index contributed by atoms with van der Waals surface area (Å²) >= 11 is 0. The first-order valence-corrected chi connectivity index (χ1v) is 7.76. The molecule has 2 amide bonds. The Kier molecular flexibility index (Phi) is 11.8. The molecule has 0 bridgehead atoms. The Hall–Kier alpha value is -1.85. The van der Waals surface area contributed by atoms with Crippen LogP contribution in [0, 0.1) is 5.92 Å². The van der Waals surface area contributed by atoms with Crippen LogP contribution in [0.15, 0.2) is 12.7 Å². The van der Waals surface area contributed by atoms with Crippen molar-refractivity contribution in [1.29, 1.82) is 0 Å². The van der Waals surface area contributed by atoms with E-state index in [9.17, 15) is 14.4 Å². The summed E-state index contributed by atoms with van der Waals surface area (Å²) in [6, 6.07) is 0. The van der Waals surface area contributed by atoms with E-state index in [1.807, 2.05) is 6.92 Å². The highest BCUT2D eigenvalue weighted by atomic mass is 16.5. The van der Waals surface area contributed by atoms with Crippen molar-refractivity contribution in [2.45, 2.75) is 46.0 Å². The largest absolute Gasteiger partial charge is 0.445 e. The second-order valence-corrected chi connectivity index (χ2v) is 5.27. The lowest BCUT2D eigenvalue weighted by atomic mass is 10.0. The van der Waals surface area contributed by atoms with Crippen molar-refractivity contribution in [2.75, 3.05) is 19.7 Å². The zero-order chi connectivity index (χ0) is 16.8. The highest BCUT2D eigenvalue weighted by molar-refractivity contribution is 5.80. The smallest absolute Gasteiger partial charge is 0.407 e. The molecule has 0 aromatic rings. The van der Waals surface area contributed by atoms with Crippen molar-refractivity contribution in [3.63, 3.8) is 0 Å². The third-order valence-corrected chi connectivity index (χ3v) is 3.28. The lowest BCUT2D eigenvalue weighted by Crippen LogP contribution is -2.26. The number of Topliss-reactive ketones (excluding diaryl/α,β-unsaturated/α-hetero) is 1. The van der Waals surface area contributed by atoms with Crippen molar-refractivity contribution in [3.05, 3.63) is 12.7 Å². The van der Waals surface area contributed by atoms with Crippen LogP contribution in [0.3, 0.4) is 0 Å². The Balaban J connectivity index is 3.42. The molecule has 6 heteroatoms. The Bertz CT molecular complexity index is 369. The number of nitrogens with one attached hydrogen (secondary N) is 2. The van der Waals surface area contributed by atoms with Crippen molar-refractivity contribution >= 4 is 17.8 Å². The summed E-state index contributed by atoms with van der Waals surface area (Å²) in [4.78, 5) is 33.7. The van der Waals surface area contributed by atoms with Gasteiger partial charge >= 0.3 is 6.09 Å². The molecule has 0 fully saturated rings. The number of amides is 2. The zero-order valence-corrected chi connectivity index (χ0v) is 13.7. The standard InChI is InChI=1S/C16H28N2O4/c1-4-12-22-16(21)18-11-7-5-6-10-17-15(20)9-8-13(2)14(3)19/h4,13H,1,5-12H2,2-3H3,(H,17,20)(H,18,21)/t13-/m0/s1. The number of unbranched alkanes of at least 4 members (excludes halogenated alkanes) is 2. The predicted molar refractivity (Wildman–Crippen MR) is 85.5 cm³/mol. The second kappa shape index (κ2) is 12.9. The molecule has 0 aliphatic heterocycles. The van der Waals surface area contributed by atoms with Crippen LogP contribution in [-0.4, -0.2) is 37.5 Å². The van der Waals surface area contributed by atoms with Crippen LogP contribution in [0.25, 0.3) is 0 Å². The fourth-order valence-electron chi connectivity index (χ4n) is 1.67. The molecule has 0 radical (unpaired) electrons. The van der Waals surface area contributed by atoms with Crippen LogP contribution < -0.4 is 10.6 Å². The number of ketones is 1. The SMILES string of the molecule is C=CCOC(=O)NCCCCCNC(=O)CC[C@H](C)C(C)=O. The van der Waals surface area contributed by atoms with Gasteiger partial charge in [-0.15, -0.1) is 0 Å². The van der Waals surface area contributed by atoms with Crippen molar-refractivity contribution in [1.82, 2.24) is 10.6 Å². The van der Waals surface area contributed by atoms with Crippen LogP contribution in [0.2, 0.25) is 0 Å². The number of hydrogen-bond donors (Lipinski definition) is 2. The molecule has 6 nitrogen and oxygen atoms in total. The third-order valence-electron chi connectivity index (χ3n) is 3.28. The van der Waals surface area contributed by atoms with Crippen molar-refractivity contribution in [2.24, 2.45) is 5.92 Å². The van der Waals surface area contributed by atoms with Crippen LogP contribution >= 0.6 is 0 Å². The van der Waals surface area contributed by atoms with E-state index >= 15 is 0 Å². The predicted octanol–water partition coefficient (Wildman–Crippen LogP) is 2.19. The average Bonchev–Trinajstić information content (AvgIpc) is 2.49. The molecule has 22 heavy (non-hydrogen) atoms. The number of ether oxygens (including phenoxy) is 1. The molecule has 1 atom stereocenters. The summed E-state index contributed by atoms with van der Waals surface area (Å²) < 4.78 is 4.76. The van der Waals surface area contributed by atoms with Crippen molar-refractivity contribution in [3.8, 4) is 0 Å². The maximum Gasteiger partial charge on any atom is 0.407 e. The van der Waals surface area contributed by atoms with Gasteiger partial charge in [-0.3, -0.25) is 9.59 Å². The number of carbonyl (C=O) groups is 3. The molecule has 0 aliphatic rings. The molecule has 0 saturated carbocycles. The van der Waals surface area contributed by atoms with E-state index < -0.39 is 6.09 Å². The summed E-state index contributed by atoms with van der Waals surface area (Å²) in [7, 11) is 0. The van der Waals surface area contributed by atoms with Crippen LogP contribution in [0.5, 0.6) is 0 Å². The van der Waals surface area contributed by atoms with Gasteiger partial charge in [-0.05, 0) is 32.6 Å². The molecular formula is C16H28N2O4. The molecule has 0 spiro atoms. The minimum atomic E-state index is -0.437. The van der Waals surface area contributed by atoms with E-state index in [-0.39, 0.29) is 24.2 Å². The van der Waals surface area contributed by atoms with E-state index in [1.54, 1.807) is 6.92 Å². The van der Waals surface area contributed by atoms with E-state index in [4.69, 9.17) is 4.74 Å². The molecule has 2 N–H and O–H groups in total. The second-order valence-electron chi connectivity index (χ2n) is 5.27. The van der Waals surface area contributed by atoms with Crippen LogP contribution in [0.4, 0.5) is 4.79 Å². The number of alkyl carbamates (subject to hydrolysis) is 1.